The summed E-state index contributed by atoms with van der Waals surface area (Å²) in [5.74, 6) is 0.683. The Morgan fingerprint density at radius 1 is 0.298 bits per heavy atom. The largest absolute Gasteiger partial charge is 0.307 e. The van der Waals surface area contributed by atoms with Gasteiger partial charge < -0.3 is 4.57 Å². The number of benzene rings is 8. The molecule has 57 heavy (non-hydrogen) atoms. The maximum absolute atomic E-state index is 5.20. The number of hydrogen-bond donors (Lipinski definition) is 0. The van der Waals surface area contributed by atoms with Gasteiger partial charge in [0.25, 0.3) is 0 Å². The third kappa shape index (κ3) is 4.76. The van der Waals surface area contributed by atoms with Gasteiger partial charge in [-0.3, -0.25) is 0 Å². The highest BCUT2D eigenvalue weighted by atomic mass is 15.5. The highest BCUT2D eigenvalue weighted by Gasteiger charge is 2.23. The van der Waals surface area contributed by atoms with Crippen LogP contribution in [0, 0.1) is 0 Å². The molecule has 5 heteroatoms. The Balaban J connectivity index is 1.18. The normalized spacial score (nSPS) is 11.9. The molecule has 0 amide bonds. The summed E-state index contributed by atoms with van der Waals surface area (Å²) in [7, 11) is 0. The van der Waals surface area contributed by atoms with E-state index in [-0.39, 0.29) is 0 Å². The molecule has 12 rings (SSSR count). The van der Waals surface area contributed by atoms with Crippen molar-refractivity contribution in [3.8, 4) is 39.6 Å². The number of nitrogens with zero attached hydrogens (tertiary/aromatic N) is 5. The third-order valence-corrected chi connectivity index (χ3v) is 11.4. The zero-order valence-corrected chi connectivity index (χ0v) is 30.8. The lowest BCUT2D eigenvalue weighted by Gasteiger charge is -2.16. The standard InChI is InChI=1S/C52H33N5/c1-3-16-34(17-4-1)44-33-45(35-18-5-2-6-19-35)54-52(53-44)36-20-15-21-37(32-36)55-46-26-11-7-24-40(46)42-30-31-43-41-25-10-14-29-49(41)57(51(43)50(42)55)56-47-27-12-8-22-38(47)39-23-9-13-28-48(39)56/h1-33H. The maximum Gasteiger partial charge on any atom is 0.160 e. The molecule has 5 nitrogen and oxygen atoms in total. The fourth-order valence-electron chi connectivity index (χ4n) is 8.95. The van der Waals surface area contributed by atoms with E-state index < -0.39 is 0 Å². The Hall–Kier alpha value is -7.76. The maximum atomic E-state index is 5.20. The van der Waals surface area contributed by atoms with Crippen LogP contribution in [0.4, 0.5) is 0 Å². The van der Waals surface area contributed by atoms with Crippen molar-refractivity contribution in [3.05, 3.63) is 200 Å². The predicted molar refractivity (Wildman–Crippen MR) is 236 cm³/mol. The first-order valence-corrected chi connectivity index (χ1v) is 19.3. The van der Waals surface area contributed by atoms with Gasteiger partial charge in [-0.25, -0.2) is 19.3 Å². The predicted octanol–water partition coefficient (Wildman–Crippen LogP) is 13.1. The number of hydrogen-bond acceptors (Lipinski definition) is 2. The molecule has 0 unspecified atom stereocenters. The van der Waals surface area contributed by atoms with Crippen LogP contribution < -0.4 is 0 Å². The molecule has 0 aliphatic heterocycles. The van der Waals surface area contributed by atoms with Crippen LogP contribution in [-0.2, 0) is 0 Å². The second-order valence-electron chi connectivity index (χ2n) is 14.6. The van der Waals surface area contributed by atoms with E-state index in [9.17, 15) is 0 Å². The van der Waals surface area contributed by atoms with Crippen molar-refractivity contribution in [3.63, 3.8) is 0 Å². The number of rotatable bonds is 5. The molecular weight excluding hydrogens is 695 g/mol. The molecule has 0 saturated heterocycles. The van der Waals surface area contributed by atoms with E-state index >= 15 is 0 Å². The van der Waals surface area contributed by atoms with Crippen molar-refractivity contribution >= 4 is 65.4 Å². The summed E-state index contributed by atoms with van der Waals surface area (Å²) in [4.78, 5) is 10.4. The minimum atomic E-state index is 0.683. The molecule has 0 aliphatic rings. The van der Waals surface area contributed by atoms with Gasteiger partial charge in [-0.05, 0) is 42.5 Å². The summed E-state index contributed by atoms with van der Waals surface area (Å²) >= 11 is 0. The first-order valence-electron chi connectivity index (χ1n) is 19.3. The Labute approximate surface area is 327 Å². The first kappa shape index (κ1) is 31.6. The molecule has 0 aliphatic carbocycles. The van der Waals surface area contributed by atoms with E-state index in [4.69, 9.17) is 9.97 Å². The van der Waals surface area contributed by atoms with E-state index in [2.05, 4.69) is 202 Å². The highest BCUT2D eigenvalue weighted by Crippen LogP contribution is 2.42. The molecule has 0 fully saturated rings. The number of aromatic nitrogens is 5. The van der Waals surface area contributed by atoms with Crippen LogP contribution in [0.2, 0.25) is 0 Å². The summed E-state index contributed by atoms with van der Waals surface area (Å²) in [6.45, 7) is 0. The lowest BCUT2D eigenvalue weighted by Crippen LogP contribution is -2.09. The van der Waals surface area contributed by atoms with E-state index in [0.29, 0.717) is 5.82 Å². The first-order chi connectivity index (χ1) is 28.3. The van der Waals surface area contributed by atoms with Crippen molar-refractivity contribution in [1.82, 2.24) is 23.9 Å². The van der Waals surface area contributed by atoms with Crippen LogP contribution in [0.5, 0.6) is 0 Å². The molecule has 0 N–H and O–H groups in total. The fraction of sp³-hybridized carbons (Fsp3) is 0. The van der Waals surface area contributed by atoms with Gasteiger partial charge in [-0.2, -0.15) is 0 Å². The molecule has 0 spiro atoms. The van der Waals surface area contributed by atoms with Crippen molar-refractivity contribution in [2.24, 2.45) is 0 Å². The Morgan fingerprint density at radius 2 is 0.737 bits per heavy atom. The third-order valence-electron chi connectivity index (χ3n) is 11.4. The average Bonchev–Trinajstić information content (AvgIpc) is 3.92. The summed E-state index contributed by atoms with van der Waals surface area (Å²) in [5.41, 5.74) is 12.8. The van der Waals surface area contributed by atoms with Crippen molar-refractivity contribution in [2.45, 2.75) is 0 Å². The van der Waals surface area contributed by atoms with Crippen molar-refractivity contribution < 1.29 is 0 Å². The molecule has 4 heterocycles. The fourth-order valence-corrected chi connectivity index (χ4v) is 8.95. The molecule has 0 atom stereocenters. The van der Waals surface area contributed by atoms with Crippen LogP contribution in [0.25, 0.3) is 105 Å². The summed E-state index contributed by atoms with van der Waals surface area (Å²) in [6, 6.07) is 71.2. The Morgan fingerprint density at radius 3 is 1.32 bits per heavy atom. The van der Waals surface area contributed by atoms with Gasteiger partial charge in [0, 0.05) is 54.7 Å². The van der Waals surface area contributed by atoms with Gasteiger partial charge in [0.2, 0.25) is 0 Å². The second kappa shape index (κ2) is 12.4. The van der Waals surface area contributed by atoms with Gasteiger partial charge in [-0.15, -0.1) is 0 Å². The average molecular weight is 728 g/mol. The number of fused-ring (bicyclic) bond motifs is 10. The summed E-state index contributed by atoms with van der Waals surface area (Å²) < 4.78 is 7.32. The molecule has 12 aromatic rings. The molecule has 0 radical (unpaired) electrons. The quantitative estimate of drug-likeness (QED) is 0.177. The second-order valence-corrected chi connectivity index (χ2v) is 14.6. The van der Waals surface area contributed by atoms with Gasteiger partial charge in [0.05, 0.1) is 44.5 Å². The topological polar surface area (TPSA) is 40.6 Å². The van der Waals surface area contributed by atoms with E-state index in [1.54, 1.807) is 0 Å². The molecular formula is C52H33N5. The van der Waals surface area contributed by atoms with Gasteiger partial charge in [0.1, 0.15) is 0 Å². The van der Waals surface area contributed by atoms with E-state index in [1.807, 2.05) is 12.1 Å². The molecule has 4 aromatic heterocycles. The van der Waals surface area contributed by atoms with E-state index in [1.165, 1.54) is 32.3 Å². The number of para-hydroxylation sites is 4. The highest BCUT2D eigenvalue weighted by molar-refractivity contribution is 6.23. The molecule has 0 saturated carbocycles. The van der Waals surface area contributed by atoms with Gasteiger partial charge in [0.15, 0.2) is 5.82 Å². The zero-order valence-electron chi connectivity index (χ0n) is 30.8. The Bertz CT molecular complexity index is 3410. The van der Waals surface area contributed by atoms with Crippen molar-refractivity contribution in [2.75, 3.05) is 0 Å². The van der Waals surface area contributed by atoms with E-state index in [0.717, 1.165) is 66.9 Å². The van der Waals surface area contributed by atoms with Crippen LogP contribution >= 0.6 is 0 Å². The minimum absolute atomic E-state index is 0.683. The molecule has 0 bridgehead atoms. The van der Waals surface area contributed by atoms with Gasteiger partial charge >= 0.3 is 0 Å². The Kier molecular flexibility index (Phi) is 6.86. The summed E-state index contributed by atoms with van der Waals surface area (Å²) in [6.07, 6.45) is 0. The lowest BCUT2D eigenvalue weighted by atomic mass is 10.1. The zero-order chi connectivity index (χ0) is 37.5. The summed E-state index contributed by atoms with van der Waals surface area (Å²) in [5, 5.41) is 7.27. The monoisotopic (exact) mass is 727 g/mol. The van der Waals surface area contributed by atoms with Crippen LogP contribution in [0.3, 0.4) is 0 Å². The molecule has 266 valence electrons. The van der Waals surface area contributed by atoms with Crippen LogP contribution in [0.1, 0.15) is 0 Å². The van der Waals surface area contributed by atoms with Crippen LogP contribution in [-0.4, -0.2) is 23.9 Å². The lowest BCUT2D eigenvalue weighted by molar-refractivity contribution is 0.776. The van der Waals surface area contributed by atoms with Crippen LogP contribution in [0.15, 0.2) is 200 Å². The SMILES string of the molecule is c1ccc(-c2cc(-c3ccccc3)nc(-c3cccc(-n4c5ccccc5c5ccc6c7ccccc7n(-n7c8ccccc8c8ccccc87)c6c54)c3)n2)cc1. The van der Waals surface area contributed by atoms with Gasteiger partial charge in [-0.1, -0.05) is 158 Å². The van der Waals surface area contributed by atoms with Crippen molar-refractivity contribution in [1.29, 1.82) is 0 Å². The smallest absolute Gasteiger partial charge is 0.160 e. The molecule has 8 aromatic carbocycles. The minimum Gasteiger partial charge on any atom is -0.307 e.